The van der Waals surface area contributed by atoms with Crippen molar-refractivity contribution >= 4 is 33.7 Å². The lowest BCUT2D eigenvalue weighted by molar-refractivity contribution is -0.129. The second-order valence-electron chi connectivity index (χ2n) is 3.60. The minimum absolute atomic E-state index is 0.122. The molecule has 1 heterocycles. The van der Waals surface area contributed by atoms with Crippen LogP contribution in [0.1, 0.15) is 0 Å². The lowest BCUT2D eigenvalue weighted by Crippen LogP contribution is -2.55. The second-order valence-corrected chi connectivity index (χ2v) is 5.54. The maximum Gasteiger partial charge on any atom is 0.329 e. The average molecular weight is 299 g/mol. The van der Waals surface area contributed by atoms with Crippen molar-refractivity contribution in [2.75, 3.05) is 39.1 Å². The quantitative estimate of drug-likeness (QED) is 0.622. The Labute approximate surface area is 110 Å². The van der Waals surface area contributed by atoms with E-state index in [1.807, 2.05) is 4.72 Å². The summed E-state index contributed by atoms with van der Waals surface area (Å²) in [6.45, 7) is 0.796. The van der Waals surface area contributed by atoms with Crippen LogP contribution in [0.2, 0.25) is 0 Å². The molecule has 18 heavy (non-hydrogen) atoms. The first-order chi connectivity index (χ1) is 8.40. The summed E-state index contributed by atoms with van der Waals surface area (Å²) in [6.07, 6.45) is 0. The minimum atomic E-state index is -3.85. The van der Waals surface area contributed by atoms with E-state index in [1.54, 1.807) is 0 Å². The van der Waals surface area contributed by atoms with Crippen LogP contribution in [0.4, 0.5) is 4.79 Å². The molecule has 1 rings (SSSR count). The first-order valence-electron chi connectivity index (χ1n) is 5.24. The van der Waals surface area contributed by atoms with Gasteiger partial charge in [-0.1, -0.05) is 0 Å². The SMILES string of the molecule is CNC(=O)NS(=O)(=O)N1CCN(C(=O)CCl)CC1. The molecule has 0 aromatic heterocycles. The average Bonchev–Trinajstić information content (AvgIpc) is 2.37. The zero-order valence-corrected chi connectivity index (χ0v) is 11.4. The van der Waals surface area contributed by atoms with Gasteiger partial charge in [0.1, 0.15) is 5.88 Å². The van der Waals surface area contributed by atoms with Gasteiger partial charge in [-0.2, -0.15) is 12.7 Å². The van der Waals surface area contributed by atoms with Gasteiger partial charge in [0, 0.05) is 33.2 Å². The molecule has 0 unspecified atom stereocenters. The normalized spacial score (nSPS) is 17.3. The van der Waals surface area contributed by atoms with Gasteiger partial charge in [-0.15, -0.1) is 11.6 Å². The van der Waals surface area contributed by atoms with Crippen LogP contribution >= 0.6 is 11.6 Å². The molecular formula is C8H15ClN4O4S. The first-order valence-corrected chi connectivity index (χ1v) is 7.21. The van der Waals surface area contributed by atoms with Crippen molar-refractivity contribution < 1.29 is 18.0 Å². The molecule has 0 atom stereocenters. The van der Waals surface area contributed by atoms with Gasteiger partial charge >= 0.3 is 16.2 Å². The van der Waals surface area contributed by atoms with Crippen molar-refractivity contribution in [1.29, 1.82) is 0 Å². The summed E-state index contributed by atoms with van der Waals surface area (Å²) >= 11 is 5.41. The molecule has 104 valence electrons. The smallest absolute Gasteiger partial charge is 0.329 e. The standard InChI is InChI=1S/C8H15ClN4O4S/c1-10-8(15)11-18(16,17)13-4-2-12(3-5-13)7(14)6-9/h2-6H2,1H3,(H2,10,11,15). The van der Waals surface area contributed by atoms with Crippen LogP contribution in [0.3, 0.4) is 0 Å². The third-order valence-electron chi connectivity index (χ3n) is 2.49. The number of alkyl halides is 1. The molecule has 3 amide bonds. The molecule has 2 N–H and O–H groups in total. The van der Waals surface area contributed by atoms with Crippen LogP contribution in [0.15, 0.2) is 0 Å². The van der Waals surface area contributed by atoms with E-state index in [4.69, 9.17) is 11.6 Å². The molecule has 0 spiro atoms. The van der Waals surface area contributed by atoms with Gasteiger partial charge in [0.25, 0.3) is 0 Å². The third kappa shape index (κ3) is 3.72. The summed E-state index contributed by atoms with van der Waals surface area (Å²) in [7, 11) is -2.53. The number of hydrogen-bond acceptors (Lipinski definition) is 4. The second kappa shape index (κ2) is 6.21. The van der Waals surface area contributed by atoms with Crippen molar-refractivity contribution in [3.8, 4) is 0 Å². The Morgan fingerprint density at radius 1 is 1.22 bits per heavy atom. The Bertz CT molecular complexity index is 419. The maximum atomic E-state index is 11.7. The fourth-order valence-corrected chi connectivity index (χ4v) is 2.77. The van der Waals surface area contributed by atoms with Crippen molar-refractivity contribution in [3.05, 3.63) is 0 Å². The van der Waals surface area contributed by atoms with E-state index in [2.05, 4.69) is 5.32 Å². The zero-order valence-electron chi connectivity index (χ0n) is 9.85. The molecule has 1 aliphatic rings. The van der Waals surface area contributed by atoms with Crippen LogP contribution in [-0.2, 0) is 15.0 Å². The van der Waals surface area contributed by atoms with E-state index in [1.165, 1.54) is 11.9 Å². The van der Waals surface area contributed by atoms with Crippen LogP contribution in [-0.4, -0.2) is 68.7 Å². The Kier molecular flexibility index (Phi) is 5.17. The molecule has 8 nitrogen and oxygen atoms in total. The summed E-state index contributed by atoms with van der Waals surface area (Å²) in [6, 6.07) is -0.797. The van der Waals surface area contributed by atoms with Crippen LogP contribution in [0.5, 0.6) is 0 Å². The zero-order chi connectivity index (χ0) is 13.8. The lowest BCUT2D eigenvalue weighted by Gasteiger charge is -2.33. The van der Waals surface area contributed by atoms with E-state index in [0.717, 1.165) is 4.31 Å². The van der Waals surface area contributed by atoms with Gasteiger partial charge in [-0.05, 0) is 0 Å². The molecule has 1 fully saturated rings. The highest BCUT2D eigenvalue weighted by Gasteiger charge is 2.29. The molecule has 10 heteroatoms. The molecule has 0 aromatic rings. The Balaban J connectivity index is 2.57. The molecule has 1 saturated heterocycles. The highest BCUT2D eigenvalue weighted by Crippen LogP contribution is 2.06. The number of carbonyl (C=O) groups is 2. The van der Waals surface area contributed by atoms with Crippen molar-refractivity contribution in [2.24, 2.45) is 0 Å². The van der Waals surface area contributed by atoms with Gasteiger partial charge in [0.15, 0.2) is 0 Å². The number of rotatable bonds is 3. The molecular weight excluding hydrogens is 284 g/mol. The van der Waals surface area contributed by atoms with Gasteiger partial charge in [-0.25, -0.2) is 9.52 Å². The van der Waals surface area contributed by atoms with Crippen LogP contribution < -0.4 is 10.0 Å². The van der Waals surface area contributed by atoms with Crippen molar-refractivity contribution in [3.63, 3.8) is 0 Å². The van der Waals surface area contributed by atoms with Crippen molar-refractivity contribution in [1.82, 2.24) is 19.2 Å². The van der Waals surface area contributed by atoms with Gasteiger partial charge in [-0.3, -0.25) is 4.79 Å². The van der Waals surface area contributed by atoms with Gasteiger partial charge in [0.2, 0.25) is 5.91 Å². The number of nitrogens with one attached hydrogen (secondary N) is 2. The minimum Gasteiger partial charge on any atom is -0.340 e. The molecule has 0 radical (unpaired) electrons. The largest absolute Gasteiger partial charge is 0.340 e. The maximum absolute atomic E-state index is 11.7. The predicted octanol–water partition coefficient (Wildman–Crippen LogP) is -1.46. The van der Waals surface area contributed by atoms with Crippen LogP contribution in [0.25, 0.3) is 0 Å². The van der Waals surface area contributed by atoms with Crippen molar-refractivity contribution in [2.45, 2.75) is 0 Å². The number of amides is 3. The van der Waals surface area contributed by atoms with E-state index in [-0.39, 0.29) is 38.0 Å². The topological polar surface area (TPSA) is 98.8 Å². The van der Waals surface area contributed by atoms with Gasteiger partial charge in [0.05, 0.1) is 0 Å². The molecule has 0 saturated carbocycles. The summed E-state index contributed by atoms with van der Waals surface area (Å²) in [5.41, 5.74) is 0. The van der Waals surface area contributed by atoms with Crippen LogP contribution in [0, 0.1) is 0 Å². The summed E-state index contributed by atoms with van der Waals surface area (Å²) < 4.78 is 26.4. The highest BCUT2D eigenvalue weighted by molar-refractivity contribution is 7.87. The molecule has 0 aliphatic carbocycles. The summed E-state index contributed by atoms with van der Waals surface area (Å²) in [4.78, 5) is 23.8. The first kappa shape index (κ1) is 15.0. The number of nitrogens with zero attached hydrogens (tertiary/aromatic N) is 2. The van der Waals surface area contributed by atoms with E-state index >= 15 is 0 Å². The Morgan fingerprint density at radius 3 is 2.22 bits per heavy atom. The summed E-state index contributed by atoms with van der Waals surface area (Å²) in [5.74, 6) is -0.351. The number of hydrogen-bond donors (Lipinski definition) is 2. The fourth-order valence-electron chi connectivity index (χ4n) is 1.50. The molecule has 0 aromatic carbocycles. The van der Waals surface area contributed by atoms with E-state index in [0.29, 0.717) is 0 Å². The molecule has 1 aliphatic heterocycles. The predicted molar refractivity (Wildman–Crippen MR) is 65.4 cm³/mol. The van der Waals surface area contributed by atoms with E-state index in [9.17, 15) is 18.0 Å². The lowest BCUT2D eigenvalue weighted by atomic mass is 10.3. The van der Waals surface area contributed by atoms with E-state index < -0.39 is 16.2 Å². The molecule has 0 bridgehead atoms. The Morgan fingerprint density at radius 2 is 1.78 bits per heavy atom. The van der Waals surface area contributed by atoms with Gasteiger partial charge < -0.3 is 10.2 Å². The monoisotopic (exact) mass is 298 g/mol. The third-order valence-corrected chi connectivity index (χ3v) is 4.21. The fraction of sp³-hybridized carbons (Fsp3) is 0.750. The highest BCUT2D eigenvalue weighted by atomic mass is 35.5. The number of carbonyl (C=O) groups excluding carboxylic acids is 2. The number of urea groups is 1. The number of halogens is 1. The number of piperazine rings is 1. The Hall–Kier alpha value is -1.06. The summed E-state index contributed by atoms with van der Waals surface area (Å²) in [5, 5.41) is 2.16.